The Morgan fingerprint density at radius 1 is 1.15 bits per heavy atom. The molecular weight excluding hydrogens is 425 g/mol. The third-order valence-electron chi connectivity index (χ3n) is 5.32. The van der Waals surface area contributed by atoms with E-state index in [4.69, 9.17) is 0 Å². The normalized spacial score (nSPS) is 10.7. The van der Waals surface area contributed by atoms with Crippen LogP contribution in [0, 0.1) is 12.7 Å². The van der Waals surface area contributed by atoms with Crippen molar-refractivity contribution in [2.24, 2.45) is 0 Å². The molecule has 174 valence electrons. The molecule has 0 aliphatic rings. The molecule has 0 saturated heterocycles. The van der Waals surface area contributed by atoms with Crippen LogP contribution >= 0.6 is 0 Å². The Labute approximate surface area is 191 Å². The molecule has 1 aromatic carbocycles. The van der Waals surface area contributed by atoms with E-state index in [2.05, 4.69) is 25.9 Å². The van der Waals surface area contributed by atoms with E-state index >= 15 is 0 Å². The number of rotatable bonds is 12. The molecule has 33 heavy (non-hydrogen) atoms. The number of hydrogen-bond acceptors (Lipinski definition) is 6. The molecule has 0 saturated carbocycles. The smallest absolute Gasteiger partial charge is 0.274 e. The Hall–Kier alpha value is -3.75. The lowest BCUT2D eigenvalue weighted by Gasteiger charge is -2.13. The van der Waals surface area contributed by atoms with E-state index in [0.29, 0.717) is 30.7 Å². The monoisotopic (exact) mass is 453 g/mol. The van der Waals surface area contributed by atoms with Crippen LogP contribution in [0.25, 0.3) is 10.9 Å². The molecule has 8 nitrogen and oxygen atoms in total. The molecule has 2 heterocycles. The number of unbranched alkanes of at least 4 members (excludes halogenated alkanes) is 3. The molecule has 3 rings (SSSR count). The van der Waals surface area contributed by atoms with E-state index in [0.717, 1.165) is 36.8 Å². The van der Waals surface area contributed by atoms with Crippen molar-refractivity contribution in [1.82, 2.24) is 20.6 Å². The molecule has 0 atom stereocenters. The molecule has 0 unspecified atom stereocenters. The number of aromatic nitrogens is 2. The van der Waals surface area contributed by atoms with Gasteiger partial charge in [0.05, 0.1) is 0 Å². The predicted octanol–water partition coefficient (Wildman–Crippen LogP) is 3.43. The number of benzene rings is 1. The summed E-state index contributed by atoms with van der Waals surface area (Å²) in [7, 11) is 0. The Kier molecular flexibility index (Phi) is 8.51. The van der Waals surface area contributed by atoms with Gasteiger partial charge in [-0.05, 0) is 55.2 Å². The van der Waals surface area contributed by atoms with Gasteiger partial charge in [-0.25, -0.2) is 9.37 Å². The van der Waals surface area contributed by atoms with E-state index < -0.39 is 5.91 Å². The first-order chi connectivity index (χ1) is 16.0. The van der Waals surface area contributed by atoms with Gasteiger partial charge in [-0.15, -0.1) is 0 Å². The number of hydrogen-bond donors (Lipinski definition) is 4. The SMILES string of the molecule is Cc1cc(F)ccc1CNC(=O)c1nc(NCCCCCCNC=O)c2cccnc2c1O. The lowest BCUT2D eigenvalue weighted by atomic mass is 10.1. The second kappa shape index (κ2) is 11.8. The van der Waals surface area contributed by atoms with Crippen LogP contribution in [0.5, 0.6) is 5.75 Å². The number of halogens is 1. The number of nitrogens with one attached hydrogen (secondary N) is 3. The average Bonchev–Trinajstić information content (AvgIpc) is 2.81. The van der Waals surface area contributed by atoms with E-state index in [9.17, 15) is 19.1 Å². The number of aryl methyl sites for hydroxylation is 1. The highest BCUT2D eigenvalue weighted by Crippen LogP contribution is 2.30. The van der Waals surface area contributed by atoms with Crippen LogP contribution in [0.15, 0.2) is 36.5 Å². The van der Waals surface area contributed by atoms with Gasteiger partial charge in [0.1, 0.15) is 17.2 Å². The summed E-state index contributed by atoms with van der Waals surface area (Å²) in [6.07, 6.45) is 6.02. The number of carbonyl (C=O) groups is 2. The summed E-state index contributed by atoms with van der Waals surface area (Å²) in [6, 6.07) is 7.88. The molecule has 3 aromatic rings. The summed E-state index contributed by atoms with van der Waals surface area (Å²) in [6.45, 7) is 3.25. The predicted molar refractivity (Wildman–Crippen MR) is 125 cm³/mol. The van der Waals surface area contributed by atoms with E-state index in [-0.39, 0.29) is 29.3 Å². The fourth-order valence-corrected chi connectivity index (χ4v) is 3.50. The molecule has 2 aromatic heterocycles. The van der Waals surface area contributed by atoms with Gasteiger partial charge >= 0.3 is 0 Å². The van der Waals surface area contributed by atoms with Crippen LogP contribution in [0.1, 0.15) is 47.3 Å². The van der Waals surface area contributed by atoms with Gasteiger partial charge < -0.3 is 21.1 Å². The van der Waals surface area contributed by atoms with Crippen molar-refractivity contribution < 1.29 is 19.1 Å². The molecule has 2 amide bonds. The second-order valence-electron chi connectivity index (χ2n) is 7.72. The van der Waals surface area contributed by atoms with Gasteiger partial charge in [0, 0.05) is 31.2 Å². The molecule has 0 bridgehead atoms. The molecule has 0 spiro atoms. The van der Waals surface area contributed by atoms with E-state index in [1.54, 1.807) is 31.3 Å². The molecule has 4 N–H and O–H groups in total. The summed E-state index contributed by atoms with van der Waals surface area (Å²) in [4.78, 5) is 31.7. The highest BCUT2D eigenvalue weighted by atomic mass is 19.1. The Morgan fingerprint density at radius 3 is 2.70 bits per heavy atom. The third-order valence-corrected chi connectivity index (χ3v) is 5.32. The molecule has 9 heteroatoms. The first-order valence-corrected chi connectivity index (χ1v) is 10.9. The van der Waals surface area contributed by atoms with Crippen molar-refractivity contribution in [3.05, 3.63) is 59.2 Å². The van der Waals surface area contributed by atoms with Gasteiger partial charge in [0.15, 0.2) is 11.4 Å². The zero-order valence-corrected chi connectivity index (χ0v) is 18.5. The Balaban J connectivity index is 1.69. The maximum atomic E-state index is 13.3. The van der Waals surface area contributed by atoms with Crippen LogP contribution in [0.3, 0.4) is 0 Å². The molecule has 0 aliphatic carbocycles. The van der Waals surface area contributed by atoms with Crippen molar-refractivity contribution in [2.75, 3.05) is 18.4 Å². The van der Waals surface area contributed by atoms with Crippen LogP contribution in [-0.4, -0.2) is 40.5 Å². The highest BCUT2D eigenvalue weighted by Gasteiger charge is 2.20. The first-order valence-electron chi connectivity index (χ1n) is 10.9. The number of nitrogens with zero attached hydrogens (tertiary/aromatic N) is 2. The summed E-state index contributed by atoms with van der Waals surface area (Å²) in [5, 5.41) is 19.9. The quantitative estimate of drug-likeness (QED) is 0.247. The number of fused-ring (bicyclic) bond motifs is 1. The summed E-state index contributed by atoms with van der Waals surface area (Å²) >= 11 is 0. The van der Waals surface area contributed by atoms with Crippen LogP contribution in [0.4, 0.5) is 10.2 Å². The van der Waals surface area contributed by atoms with Crippen LogP contribution < -0.4 is 16.0 Å². The minimum atomic E-state index is -0.547. The van der Waals surface area contributed by atoms with Gasteiger partial charge in [-0.3, -0.25) is 14.6 Å². The lowest BCUT2D eigenvalue weighted by Crippen LogP contribution is -2.25. The Morgan fingerprint density at radius 2 is 1.94 bits per heavy atom. The third kappa shape index (κ3) is 6.38. The number of pyridine rings is 2. The van der Waals surface area contributed by atoms with Crippen molar-refractivity contribution in [3.8, 4) is 5.75 Å². The van der Waals surface area contributed by atoms with Crippen molar-refractivity contribution in [3.63, 3.8) is 0 Å². The van der Waals surface area contributed by atoms with Crippen molar-refractivity contribution in [1.29, 1.82) is 0 Å². The molecule has 0 aliphatic heterocycles. The average molecular weight is 454 g/mol. The fraction of sp³-hybridized carbons (Fsp3) is 0.333. The van der Waals surface area contributed by atoms with Gasteiger partial charge in [-0.1, -0.05) is 18.9 Å². The summed E-state index contributed by atoms with van der Waals surface area (Å²) in [5.74, 6) is -0.695. The zero-order valence-electron chi connectivity index (χ0n) is 18.5. The minimum Gasteiger partial charge on any atom is -0.504 e. The van der Waals surface area contributed by atoms with Crippen LogP contribution in [0.2, 0.25) is 0 Å². The largest absolute Gasteiger partial charge is 0.504 e. The minimum absolute atomic E-state index is 0.122. The molecule has 0 radical (unpaired) electrons. The maximum Gasteiger partial charge on any atom is 0.274 e. The highest BCUT2D eigenvalue weighted by molar-refractivity contribution is 6.03. The number of aromatic hydroxyl groups is 1. The standard InChI is InChI=1S/C24H28FN5O3/c1-16-13-18(25)9-8-17(16)14-29-24(33)21-22(32)20-19(7-6-12-27-20)23(30-21)28-11-5-3-2-4-10-26-15-31/h6-9,12-13,15,32H,2-5,10-11,14H2,1H3,(H,26,31)(H,28,30)(H,29,33). The number of carbonyl (C=O) groups excluding carboxylic acids is 2. The fourth-order valence-electron chi connectivity index (χ4n) is 3.50. The molecule has 0 fully saturated rings. The second-order valence-corrected chi connectivity index (χ2v) is 7.72. The van der Waals surface area contributed by atoms with Crippen LogP contribution in [-0.2, 0) is 11.3 Å². The maximum absolute atomic E-state index is 13.3. The van der Waals surface area contributed by atoms with Crippen molar-refractivity contribution >= 4 is 29.0 Å². The Bertz CT molecular complexity index is 1120. The summed E-state index contributed by atoms with van der Waals surface area (Å²) < 4.78 is 13.3. The summed E-state index contributed by atoms with van der Waals surface area (Å²) in [5.41, 5.74) is 1.66. The topological polar surface area (TPSA) is 116 Å². The van der Waals surface area contributed by atoms with E-state index in [1.807, 2.05) is 0 Å². The van der Waals surface area contributed by atoms with Gasteiger partial charge in [-0.2, -0.15) is 0 Å². The molecular formula is C24H28FN5O3. The zero-order chi connectivity index (χ0) is 23.6. The number of anilines is 1. The number of amides is 2. The first kappa shape index (κ1) is 23.9. The van der Waals surface area contributed by atoms with Crippen molar-refractivity contribution in [2.45, 2.75) is 39.2 Å². The van der Waals surface area contributed by atoms with E-state index in [1.165, 1.54) is 12.1 Å². The van der Waals surface area contributed by atoms with Gasteiger partial charge in [0.25, 0.3) is 5.91 Å². The lowest BCUT2D eigenvalue weighted by molar-refractivity contribution is -0.109. The van der Waals surface area contributed by atoms with Gasteiger partial charge in [0.2, 0.25) is 6.41 Å².